The largest absolute Gasteiger partial charge is 0.341 e. The number of piperidine rings is 1. The lowest BCUT2D eigenvalue weighted by Gasteiger charge is -2.35. The molecule has 2 aliphatic rings. The van der Waals surface area contributed by atoms with Gasteiger partial charge in [-0.25, -0.2) is 0 Å². The predicted molar refractivity (Wildman–Crippen MR) is 68.9 cm³/mol. The molecule has 0 aromatic carbocycles. The summed E-state index contributed by atoms with van der Waals surface area (Å²) in [5.41, 5.74) is 0. The van der Waals surface area contributed by atoms with Crippen LogP contribution in [0.3, 0.4) is 0 Å². The van der Waals surface area contributed by atoms with E-state index in [2.05, 4.69) is 28.7 Å². The van der Waals surface area contributed by atoms with Crippen molar-refractivity contribution in [3.63, 3.8) is 0 Å². The average Bonchev–Trinajstić information content (AvgIpc) is 2.32. The van der Waals surface area contributed by atoms with Gasteiger partial charge in [-0.05, 0) is 25.8 Å². The molecule has 98 valence electrons. The molecule has 2 saturated heterocycles. The van der Waals surface area contributed by atoms with Gasteiger partial charge >= 0.3 is 0 Å². The smallest absolute Gasteiger partial charge is 0.236 e. The van der Waals surface area contributed by atoms with Crippen molar-refractivity contribution in [2.24, 2.45) is 5.92 Å². The van der Waals surface area contributed by atoms with Crippen LogP contribution < -0.4 is 0 Å². The maximum atomic E-state index is 12.2. The van der Waals surface area contributed by atoms with Crippen molar-refractivity contribution in [3.05, 3.63) is 0 Å². The van der Waals surface area contributed by atoms with E-state index in [4.69, 9.17) is 0 Å². The van der Waals surface area contributed by atoms with E-state index in [-0.39, 0.29) is 0 Å². The summed E-state index contributed by atoms with van der Waals surface area (Å²) in [6.07, 6.45) is 2.45. The number of hydrogen-bond acceptors (Lipinski definition) is 3. The molecule has 17 heavy (non-hydrogen) atoms. The fraction of sp³-hybridized carbons (Fsp3) is 0.923. The highest BCUT2D eigenvalue weighted by molar-refractivity contribution is 5.78. The normalized spacial score (nSPS) is 28.4. The highest BCUT2D eigenvalue weighted by Gasteiger charge is 2.23. The van der Waals surface area contributed by atoms with E-state index >= 15 is 0 Å². The van der Waals surface area contributed by atoms with Gasteiger partial charge in [-0.2, -0.15) is 0 Å². The van der Waals surface area contributed by atoms with Gasteiger partial charge < -0.3 is 9.80 Å². The number of likely N-dealkylation sites (tertiary alicyclic amines) is 1. The van der Waals surface area contributed by atoms with Gasteiger partial charge in [-0.1, -0.05) is 6.92 Å². The van der Waals surface area contributed by atoms with Crippen LogP contribution in [0.5, 0.6) is 0 Å². The van der Waals surface area contributed by atoms with Crippen molar-refractivity contribution in [1.82, 2.24) is 14.7 Å². The summed E-state index contributed by atoms with van der Waals surface area (Å²) in [5, 5.41) is 0. The van der Waals surface area contributed by atoms with Gasteiger partial charge in [0.15, 0.2) is 0 Å². The van der Waals surface area contributed by atoms with E-state index in [1.54, 1.807) is 0 Å². The van der Waals surface area contributed by atoms with E-state index in [0.717, 1.165) is 39.3 Å². The van der Waals surface area contributed by atoms with Crippen LogP contribution >= 0.6 is 0 Å². The Morgan fingerprint density at radius 2 is 1.88 bits per heavy atom. The van der Waals surface area contributed by atoms with Crippen LogP contribution in [0.25, 0.3) is 0 Å². The molecule has 2 heterocycles. The summed E-state index contributed by atoms with van der Waals surface area (Å²) < 4.78 is 0. The van der Waals surface area contributed by atoms with Gasteiger partial charge in [-0.15, -0.1) is 0 Å². The van der Waals surface area contributed by atoms with Gasteiger partial charge in [-0.3, -0.25) is 9.69 Å². The molecule has 0 aliphatic carbocycles. The van der Waals surface area contributed by atoms with E-state index in [1.807, 2.05) is 0 Å². The number of piperazine rings is 1. The van der Waals surface area contributed by atoms with Crippen LogP contribution in [-0.4, -0.2) is 73.5 Å². The summed E-state index contributed by atoms with van der Waals surface area (Å²) in [7, 11) is 2.14. The molecule has 1 atom stereocenters. The van der Waals surface area contributed by atoms with Crippen molar-refractivity contribution in [1.29, 1.82) is 0 Å². The number of carbonyl (C=O) groups excluding carboxylic acids is 1. The van der Waals surface area contributed by atoms with Crippen LogP contribution in [0.2, 0.25) is 0 Å². The molecule has 2 aliphatic heterocycles. The lowest BCUT2D eigenvalue weighted by Crippen LogP contribution is -2.50. The molecular formula is C13H25N3O. The molecule has 0 radical (unpaired) electrons. The molecule has 0 bridgehead atoms. The summed E-state index contributed by atoms with van der Waals surface area (Å²) in [6, 6.07) is 0. The minimum Gasteiger partial charge on any atom is -0.341 e. The molecule has 0 aromatic rings. The maximum Gasteiger partial charge on any atom is 0.236 e. The quantitative estimate of drug-likeness (QED) is 0.702. The van der Waals surface area contributed by atoms with Crippen LogP contribution in [0.15, 0.2) is 0 Å². The molecule has 0 N–H and O–H groups in total. The van der Waals surface area contributed by atoms with Crippen LogP contribution in [0.4, 0.5) is 0 Å². The Labute approximate surface area is 105 Å². The third-order valence-corrected chi connectivity index (χ3v) is 3.96. The zero-order valence-electron chi connectivity index (χ0n) is 11.2. The Bertz CT molecular complexity index is 261. The van der Waals surface area contributed by atoms with Crippen LogP contribution in [0, 0.1) is 5.92 Å². The molecule has 4 heteroatoms. The Morgan fingerprint density at radius 1 is 1.18 bits per heavy atom. The monoisotopic (exact) mass is 239 g/mol. The Balaban J connectivity index is 1.76. The first-order valence-corrected chi connectivity index (χ1v) is 6.84. The first-order valence-electron chi connectivity index (χ1n) is 6.84. The zero-order chi connectivity index (χ0) is 12.3. The highest BCUT2D eigenvalue weighted by atomic mass is 16.2. The van der Waals surface area contributed by atoms with Gasteiger partial charge in [0.05, 0.1) is 6.54 Å². The maximum absolute atomic E-state index is 12.2. The SMILES string of the molecule is C[C@H]1CCCN(C(=O)CN2CCN(C)CC2)C1. The van der Waals surface area contributed by atoms with Crippen LogP contribution in [0.1, 0.15) is 19.8 Å². The number of rotatable bonds is 2. The average molecular weight is 239 g/mol. The van der Waals surface area contributed by atoms with Crippen LogP contribution in [-0.2, 0) is 4.79 Å². The van der Waals surface area contributed by atoms with E-state index < -0.39 is 0 Å². The Hall–Kier alpha value is -0.610. The third kappa shape index (κ3) is 3.68. The number of carbonyl (C=O) groups is 1. The second kappa shape index (κ2) is 5.83. The highest BCUT2D eigenvalue weighted by Crippen LogP contribution is 2.15. The standard InChI is InChI=1S/C13H25N3O/c1-12-4-3-5-16(10-12)13(17)11-15-8-6-14(2)7-9-15/h12H,3-11H2,1-2H3/t12-/m0/s1. The molecule has 0 saturated carbocycles. The number of hydrogen-bond donors (Lipinski definition) is 0. The molecular weight excluding hydrogens is 214 g/mol. The number of nitrogens with zero attached hydrogens (tertiary/aromatic N) is 3. The molecule has 0 unspecified atom stereocenters. The fourth-order valence-corrected chi connectivity index (χ4v) is 2.71. The molecule has 0 aromatic heterocycles. The minimum absolute atomic E-state index is 0.334. The molecule has 1 amide bonds. The summed E-state index contributed by atoms with van der Waals surface area (Å²) in [5.74, 6) is 1.02. The Morgan fingerprint density at radius 3 is 2.53 bits per heavy atom. The van der Waals surface area contributed by atoms with Crippen molar-refractivity contribution >= 4 is 5.91 Å². The molecule has 4 nitrogen and oxygen atoms in total. The third-order valence-electron chi connectivity index (χ3n) is 3.96. The first kappa shape index (κ1) is 12.8. The lowest BCUT2D eigenvalue weighted by molar-refractivity contribution is -0.134. The predicted octanol–water partition coefficient (Wildman–Crippen LogP) is 0.492. The van der Waals surface area contributed by atoms with Gasteiger partial charge in [0.1, 0.15) is 0 Å². The summed E-state index contributed by atoms with van der Waals surface area (Å²) in [6.45, 7) is 9.05. The Kier molecular flexibility index (Phi) is 4.40. The van der Waals surface area contributed by atoms with E-state index in [1.165, 1.54) is 12.8 Å². The number of amides is 1. The van der Waals surface area contributed by atoms with E-state index in [0.29, 0.717) is 18.4 Å². The molecule has 2 rings (SSSR count). The van der Waals surface area contributed by atoms with Crippen molar-refractivity contribution in [2.75, 3.05) is 52.9 Å². The topological polar surface area (TPSA) is 26.8 Å². The minimum atomic E-state index is 0.334. The van der Waals surface area contributed by atoms with Crippen molar-refractivity contribution < 1.29 is 4.79 Å². The lowest BCUT2D eigenvalue weighted by atomic mass is 10.0. The first-order chi connectivity index (χ1) is 8.15. The van der Waals surface area contributed by atoms with Gasteiger partial charge in [0.25, 0.3) is 0 Å². The molecule has 0 spiro atoms. The zero-order valence-corrected chi connectivity index (χ0v) is 11.2. The number of likely N-dealkylation sites (N-methyl/N-ethyl adjacent to an activating group) is 1. The second-order valence-corrected chi connectivity index (χ2v) is 5.67. The van der Waals surface area contributed by atoms with Crippen molar-refractivity contribution in [3.8, 4) is 0 Å². The van der Waals surface area contributed by atoms with Gasteiger partial charge in [0, 0.05) is 39.3 Å². The van der Waals surface area contributed by atoms with E-state index in [9.17, 15) is 4.79 Å². The van der Waals surface area contributed by atoms with Gasteiger partial charge in [0.2, 0.25) is 5.91 Å². The molecule has 2 fully saturated rings. The van der Waals surface area contributed by atoms with Crippen molar-refractivity contribution in [2.45, 2.75) is 19.8 Å². The summed E-state index contributed by atoms with van der Waals surface area (Å²) in [4.78, 5) is 18.8. The fourth-order valence-electron chi connectivity index (χ4n) is 2.71. The summed E-state index contributed by atoms with van der Waals surface area (Å²) >= 11 is 0. The second-order valence-electron chi connectivity index (χ2n) is 5.67.